The topological polar surface area (TPSA) is 84.5 Å². The van der Waals surface area contributed by atoms with Gasteiger partial charge in [-0.25, -0.2) is 4.79 Å². The van der Waals surface area contributed by atoms with Crippen LogP contribution >= 0.6 is 0 Å². The summed E-state index contributed by atoms with van der Waals surface area (Å²) < 4.78 is 5.16. The number of carbonyl (C=O) groups excluding carboxylic acids is 3. The predicted molar refractivity (Wildman–Crippen MR) is 98.6 cm³/mol. The average molecular weight is 360 g/mol. The molecule has 1 aromatic rings. The van der Waals surface area contributed by atoms with Gasteiger partial charge in [0.15, 0.2) is 6.10 Å². The fraction of sp³-hybridized carbons (Fsp3) is 0.550. The van der Waals surface area contributed by atoms with Crippen LogP contribution in [-0.2, 0) is 14.3 Å². The Morgan fingerprint density at radius 1 is 1.08 bits per heavy atom. The molecule has 26 heavy (non-hydrogen) atoms. The van der Waals surface area contributed by atoms with Gasteiger partial charge in [0, 0.05) is 6.04 Å². The van der Waals surface area contributed by atoms with E-state index in [2.05, 4.69) is 10.6 Å². The molecule has 1 saturated carbocycles. The van der Waals surface area contributed by atoms with E-state index in [1.54, 1.807) is 0 Å². The second-order valence-electron chi connectivity index (χ2n) is 6.95. The number of ether oxygens (including phenoxy) is 1. The Labute approximate surface area is 154 Å². The molecule has 0 saturated heterocycles. The monoisotopic (exact) mass is 360 g/mol. The van der Waals surface area contributed by atoms with E-state index >= 15 is 0 Å². The van der Waals surface area contributed by atoms with Gasteiger partial charge >= 0.3 is 12.0 Å². The second-order valence-corrected chi connectivity index (χ2v) is 6.95. The molecule has 0 heterocycles. The molecule has 0 unspecified atom stereocenters. The number of imide groups is 1. The van der Waals surface area contributed by atoms with Crippen molar-refractivity contribution in [2.45, 2.75) is 70.4 Å². The summed E-state index contributed by atoms with van der Waals surface area (Å²) in [4.78, 5) is 36.0. The molecule has 6 heteroatoms. The highest BCUT2D eigenvalue weighted by Gasteiger charge is 2.23. The average Bonchev–Trinajstić information content (AvgIpc) is 2.62. The van der Waals surface area contributed by atoms with Crippen LogP contribution in [0, 0.1) is 0 Å². The summed E-state index contributed by atoms with van der Waals surface area (Å²) in [6, 6.07) is 9.23. The van der Waals surface area contributed by atoms with Gasteiger partial charge in [0.1, 0.15) is 0 Å². The third-order valence-corrected chi connectivity index (χ3v) is 4.70. The fourth-order valence-corrected chi connectivity index (χ4v) is 3.13. The third-order valence-electron chi connectivity index (χ3n) is 4.70. The minimum Gasteiger partial charge on any atom is -0.453 e. The summed E-state index contributed by atoms with van der Waals surface area (Å²) in [6.45, 7) is 3.40. The van der Waals surface area contributed by atoms with Crippen LogP contribution in [0.25, 0.3) is 0 Å². The van der Waals surface area contributed by atoms with E-state index in [0.29, 0.717) is 0 Å². The van der Waals surface area contributed by atoms with Gasteiger partial charge in [-0.2, -0.15) is 0 Å². The normalized spacial score (nSPS) is 17.0. The van der Waals surface area contributed by atoms with E-state index in [4.69, 9.17) is 4.74 Å². The lowest BCUT2D eigenvalue weighted by Crippen LogP contribution is -2.48. The van der Waals surface area contributed by atoms with Gasteiger partial charge < -0.3 is 10.1 Å². The first kappa shape index (κ1) is 19.9. The van der Waals surface area contributed by atoms with Crippen molar-refractivity contribution in [3.05, 3.63) is 35.9 Å². The van der Waals surface area contributed by atoms with Gasteiger partial charge in [0.25, 0.3) is 5.91 Å². The number of urea groups is 1. The maximum Gasteiger partial charge on any atom is 0.321 e. The van der Waals surface area contributed by atoms with Crippen LogP contribution in [0.4, 0.5) is 4.79 Å². The molecule has 6 nitrogen and oxygen atoms in total. The molecule has 0 bridgehead atoms. The number of carbonyl (C=O) groups is 3. The van der Waals surface area contributed by atoms with E-state index in [9.17, 15) is 14.4 Å². The van der Waals surface area contributed by atoms with Gasteiger partial charge in [-0.05, 0) is 31.2 Å². The van der Waals surface area contributed by atoms with Crippen molar-refractivity contribution < 1.29 is 19.1 Å². The molecule has 0 radical (unpaired) electrons. The van der Waals surface area contributed by atoms with Crippen molar-refractivity contribution in [2.24, 2.45) is 0 Å². The van der Waals surface area contributed by atoms with Crippen LogP contribution in [0.1, 0.15) is 63.9 Å². The molecule has 0 aromatic heterocycles. The summed E-state index contributed by atoms with van der Waals surface area (Å²) in [7, 11) is 0. The number of hydrogen-bond acceptors (Lipinski definition) is 4. The van der Waals surface area contributed by atoms with Crippen molar-refractivity contribution in [3.63, 3.8) is 0 Å². The van der Waals surface area contributed by atoms with E-state index < -0.39 is 24.0 Å². The molecule has 0 spiro atoms. The summed E-state index contributed by atoms with van der Waals surface area (Å²) >= 11 is 0. The maximum atomic E-state index is 12.0. The molecule has 3 amide bonds. The van der Waals surface area contributed by atoms with Crippen LogP contribution in [-0.4, -0.2) is 30.1 Å². The Bertz CT molecular complexity index is 611. The lowest BCUT2D eigenvalue weighted by molar-refractivity contribution is -0.154. The van der Waals surface area contributed by atoms with E-state index in [-0.39, 0.29) is 18.4 Å². The number of esters is 1. The Morgan fingerprint density at radius 2 is 1.73 bits per heavy atom. The van der Waals surface area contributed by atoms with Gasteiger partial charge in [0.2, 0.25) is 0 Å². The Balaban J connectivity index is 1.73. The fourth-order valence-electron chi connectivity index (χ4n) is 3.13. The van der Waals surface area contributed by atoms with Crippen molar-refractivity contribution in [1.82, 2.24) is 10.6 Å². The highest BCUT2D eigenvalue weighted by Crippen LogP contribution is 2.19. The first-order chi connectivity index (χ1) is 12.5. The largest absolute Gasteiger partial charge is 0.453 e. The molecule has 142 valence electrons. The molecule has 1 fully saturated rings. The van der Waals surface area contributed by atoms with Crippen LogP contribution < -0.4 is 10.6 Å². The Morgan fingerprint density at radius 3 is 2.38 bits per heavy atom. The SMILES string of the molecule is C[C@H](OC(=O)C[C@@H](C)c1ccccc1)C(=O)NC(=O)NC1CCCCC1. The first-order valence-electron chi connectivity index (χ1n) is 9.31. The third kappa shape index (κ3) is 6.50. The minimum atomic E-state index is -1.01. The highest BCUT2D eigenvalue weighted by molar-refractivity contribution is 5.97. The lowest BCUT2D eigenvalue weighted by atomic mass is 9.96. The molecule has 1 aliphatic rings. The number of benzene rings is 1. The molecule has 2 atom stereocenters. The molecule has 1 aliphatic carbocycles. The smallest absolute Gasteiger partial charge is 0.321 e. The molecule has 2 N–H and O–H groups in total. The quantitative estimate of drug-likeness (QED) is 0.763. The number of amides is 3. The molecule has 1 aromatic carbocycles. The zero-order valence-electron chi connectivity index (χ0n) is 15.5. The van der Waals surface area contributed by atoms with Crippen LogP contribution in [0.2, 0.25) is 0 Å². The molecule has 0 aliphatic heterocycles. The van der Waals surface area contributed by atoms with E-state index in [1.807, 2.05) is 37.3 Å². The summed E-state index contributed by atoms with van der Waals surface area (Å²) in [5.74, 6) is -1.08. The second kappa shape index (κ2) is 9.94. The summed E-state index contributed by atoms with van der Waals surface area (Å²) in [5, 5.41) is 5.05. The van der Waals surface area contributed by atoms with Crippen molar-refractivity contribution >= 4 is 17.9 Å². The van der Waals surface area contributed by atoms with Crippen molar-refractivity contribution in [3.8, 4) is 0 Å². The number of hydrogen-bond donors (Lipinski definition) is 2. The van der Waals surface area contributed by atoms with E-state index in [0.717, 1.165) is 31.2 Å². The predicted octanol–water partition coefficient (Wildman–Crippen LogP) is 3.27. The van der Waals surface area contributed by atoms with Crippen LogP contribution in [0.3, 0.4) is 0 Å². The summed E-state index contributed by atoms with van der Waals surface area (Å²) in [5.41, 5.74) is 1.04. The first-order valence-corrected chi connectivity index (χ1v) is 9.31. The molecular weight excluding hydrogens is 332 g/mol. The van der Waals surface area contributed by atoms with Crippen molar-refractivity contribution in [1.29, 1.82) is 0 Å². The Kier molecular flexibility index (Phi) is 7.63. The Hall–Kier alpha value is -2.37. The van der Waals surface area contributed by atoms with Gasteiger partial charge in [0.05, 0.1) is 6.42 Å². The zero-order valence-corrected chi connectivity index (χ0v) is 15.5. The molecular formula is C20H28N2O4. The van der Waals surface area contributed by atoms with Crippen LogP contribution in [0.5, 0.6) is 0 Å². The zero-order chi connectivity index (χ0) is 18.9. The van der Waals surface area contributed by atoms with Gasteiger partial charge in [-0.15, -0.1) is 0 Å². The van der Waals surface area contributed by atoms with E-state index in [1.165, 1.54) is 13.3 Å². The molecule has 2 rings (SSSR count). The standard InChI is InChI=1S/C20H28N2O4/c1-14(16-9-5-3-6-10-16)13-18(23)26-15(2)19(24)22-20(25)21-17-11-7-4-8-12-17/h3,5-6,9-10,14-15,17H,4,7-8,11-13H2,1-2H3,(H2,21,22,24,25)/t14-,15+/m1/s1. The number of rotatable bonds is 6. The van der Waals surface area contributed by atoms with Gasteiger partial charge in [-0.1, -0.05) is 56.5 Å². The lowest BCUT2D eigenvalue weighted by Gasteiger charge is -2.23. The van der Waals surface area contributed by atoms with Crippen LogP contribution in [0.15, 0.2) is 30.3 Å². The highest BCUT2D eigenvalue weighted by atomic mass is 16.5. The van der Waals surface area contributed by atoms with Crippen molar-refractivity contribution in [2.75, 3.05) is 0 Å². The minimum absolute atomic E-state index is 0.00596. The van der Waals surface area contributed by atoms with Gasteiger partial charge in [-0.3, -0.25) is 14.9 Å². The maximum absolute atomic E-state index is 12.0. The summed E-state index contributed by atoms with van der Waals surface area (Å²) in [6.07, 6.45) is 4.40. The number of nitrogens with one attached hydrogen (secondary N) is 2.